The van der Waals surface area contributed by atoms with Crippen molar-refractivity contribution in [1.82, 2.24) is 0 Å². The van der Waals surface area contributed by atoms with Crippen LogP contribution in [-0.2, 0) is 4.74 Å². The summed E-state index contributed by atoms with van der Waals surface area (Å²) in [6.07, 6.45) is 0. The van der Waals surface area contributed by atoms with E-state index in [2.05, 4.69) is 5.32 Å². The van der Waals surface area contributed by atoms with Crippen LogP contribution < -0.4 is 10.2 Å². The van der Waals surface area contributed by atoms with E-state index in [-0.39, 0.29) is 10.6 Å². The minimum absolute atomic E-state index is 0.0905. The van der Waals surface area contributed by atoms with Crippen LogP contribution in [0.15, 0.2) is 18.2 Å². The lowest BCUT2D eigenvalue weighted by Gasteiger charge is -2.23. The average molecular weight is 253 g/mol. The fourth-order valence-electron chi connectivity index (χ4n) is 1.70. The number of nitro groups is 1. The van der Waals surface area contributed by atoms with Crippen molar-refractivity contribution in [3.63, 3.8) is 0 Å². The van der Waals surface area contributed by atoms with E-state index in [1.807, 2.05) is 17.9 Å². The molecule has 6 heteroatoms. The molecule has 0 atom stereocenters. The van der Waals surface area contributed by atoms with Crippen LogP contribution in [0.2, 0.25) is 0 Å². The molecule has 0 heterocycles. The molecular weight excluding hydrogens is 234 g/mol. The Kier molecular flexibility index (Phi) is 5.38. The first-order valence-corrected chi connectivity index (χ1v) is 5.83. The summed E-state index contributed by atoms with van der Waals surface area (Å²) in [4.78, 5) is 12.5. The number of likely N-dealkylation sites (N-methyl/N-ethyl adjacent to an activating group) is 1. The Morgan fingerprint density at radius 2 is 2.17 bits per heavy atom. The molecule has 1 N–H and O–H groups in total. The Balaban J connectivity index is 3.04. The quantitative estimate of drug-likeness (QED) is 0.595. The van der Waals surface area contributed by atoms with Crippen LogP contribution in [0.1, 0.15) is 6.92 Å². The van der Waals surface area contributed by atoms with Crippen LogP contribution in [0.4, 0.5) is 17.1 Å². The molecule has 0 aromatic heterocycles. The van der Waals surface area contributed by atoms with Gasteiger partial charge < -0.3 is 15.0 Å². The molecule has 0 spiro atoms. The minimum atomic E-state index is -0.380. The molecule has 0 aliphatic carbocycles. The maximum Gasteiger partial charge on any atom is 0.273 e. The number of nitrogens with zero attached hydrogens (tertiary/aromatic N) is 2. The van der Waals surface area contributed by atoms with Crippen molar-refractivity contribution in [2.75, 3.05) is 44.1 Å². The van der Waals surface area contributed by atoms with E-state index >= 15 is 0 Å². The van der Waals surface area contributed by atoms with E-state index < -0.39 is 0 Å². The van der Waals surface area contributed by atoms with Gasteiger partial charge in [0.1, 0.15) is 0 Å². The Morgan fingerprint density at radius 1 is 1.44 bits per heavy atom. The van der Waals surface area contributed by atoms with E-state index in [9.17, 15) is 10.1 Å². The van der Waals surface area contributed by atoms with Crippen molar-refractivity contribution in [2.24, 2.45) is 0 Å². The second-order valence-electron chi connectivity index (χ2n) is 3.82. The Bertz CT molecular complexity index is 410. The van der Waals surface area contributed by atoms with E-state index in [1.165, 1.54) is 6.07 Å². The molecule has 0 unspecified atom stereocenters. The second-order valence-corrected chi connectivity index (χ2v) is 3.82. The molecule has 0 saturated heterocycles. The average Bonchev–Trinajstić information content (AvgIpc) is 2.39. The van der Waals surface area contributed by atoms with Crippen LogP contribution in [0.5, 0.6) is 0 Å². The number of anilines is 2. The van der Waals surface area contributed by atoms with Gasteiger partial charge in [0.05, 0.1) is 11.5 Å². The lowest BCUT2D eigenvalue weighted by atomic mass is 10.2. The number of ether oxygens (including phenoxy) is 1. The lowest BCUT2D eigenvalue weighted by Crippen LogP contribution is -2.26. The molecule has 0 saturated carbocycles. The summed E-state index contributed by atoms with van der Waals surface area (Å²) in [6, 6.07) is 5.00. The number of methoxy groups -OCH3 is 1. The van der Waals surface area contributed by atoms with Crippen LogP contribution in [0, 0.1) is 10.1 Å². The maximum absolute atomic E-state index is 10.9. The number of hydrogen-bond donors (Lipinski definition) is 1. The largest absolute Gasteiger partial charge is 0.388 e. The van der Waals surface area contributed by atoms with Gasteiger partial charge >= 0.3 is 0 Å². The number of nitro benzene ring substituents is 1. The summed E-state index contributed by atoms with van der Waals surface area (Å²) in [5.41, 5.74) is 1.65. The van der Waals surface area contributed by atoms with Gasteiger partial charge in [-0.05, 0) is 13.0 Å². The van der Waals surface area contributed by atoms with Gasteiger partial charge in [0, 0.05) is 50.8 Å². The van der Waals surface area contributed by atoms with Gasteiger partial charge in [-0.2, -0.15) is 0 Å². The zero-order valence-corrected chi connectivity index (χ0v) is 11.0. The topological polar surface area (TPSA) is 67.6 Å². The van der Waals surface area contributed by atoms with E-state index in [0.29, 0.717) is 13.2 Å². The van der Waals surface area contributed by atoms with Gasteiger partial charge in [-0.15, -0.1) is 0 Å². The highest BCUT2D eigenvalue weighted by molar-refractivity contribution is 5.64. The molecule has 0 fully saturated rings. The summed E-state index contributed by atoms with van der Waals surface area (Å²) < 4.78 is 5.04. The zero-order valence-electron chi connectivity index (χ0n) is 11.0. The molecule has 0 amide bonds. The van der Waals surface area contributed by atoms with Gasteiger partial charge in [-0.25, -0.2) is 0 Å². The summed E-state index contributed by atoms with van der Waals surface area (Å²) in [7, 11) is 3.38. The van der Waals surface area contributed by atoms with Crippen molar-refractivity contribution in [3.05, 3.63) is 28.3 Å². The van der Waals surface area contributed by atoms with Gasteiger partial charge in [0.15, 0.2) is 0 Å². The standard InChI is InChI=1S/C12H19N3O3/c1-4-14(5-6-18-3)11-7-10(13-2)8-12(9-11)15(16)17/h7-9,13H,4-6H2,1-3H3. The molecular formula is C12H19N3O3. The molecule has 0 aliphatic rings. The third kappa shape index (κ3) is 3.59. The molecule has 0 radical (unpaired) electrons. The predicted molar refractivity (Wildman–Crippen MR) is 72.4 cm³/mol. The molecule has 1 aromatic carbocycles. The highest BCUT2D eigenvalue weighted by Gasteiger charge is 2.12. The monoisotopic (exact) mass is 253 g/mol. The molecule has 6 nitrogen and oxygen atoms in total. The first-order valence-electron chi connectivity index (χ1n) is 5.83. The summed E-state index contributed by atoms with van der Waals surface area (Å²) >= 11 is 0. The number of benzene rings is 1. The molecule has 1 aromatic rings. The molecule has 0 bridgehead atoms. The van der Waals surface area contributed by atoms with Gasteiger partial charge in [0.25, 0.3) is 5.69 Å². The SMILES string of the molecule is CCN(CCOC)c1cc(NC)cc([N+](=O)[O-])c1. The Labute approximate surface area is 107 Å². The maximum atomic E-state index is 10.9. The normalized spacial score (nSPS) is 10.2. The van der Waals surface area contributed by atoms with Gasteiger partial charge in [-0.1, -0.05) is 0 Å². The lowest BCUT2D eigenvalue weighted by molar-refractivity contribution is -0.384. The molecule has 0 aliphatic heterocycles. The molecule has 18 heavy (non-hydrogen) atoms. The van der Waals surface area contributed by atoms with Crippen LogP contribution in [0.25, 0.3) is 0 Å². The van der Waals surface area contributed by atoms with Gasteiger partial charge in [-0.3, -0.25) is 10.1 Å². The number of hydrogen-bond acceptors (Lipinski definition) is 5. The summed E-state index contributed by atoms with van der Waals surface area (Å²) in [5, 5.41) is 13.8. The van der Waals surface area contributed by atoms with Crippen molar-refractivity contribution in [2.45, 2.75) is 6.92 Å². The third-order valence-electron chi connectivity index (χ3n) is 2.71. The number of rotatable bonds is 7. The second kappa shape index (κ2) is 6.80. The predicted octanol–water partition coefficient (Wildman–Crippen LogP) is 2.11. The highest BCUT2D eigenvalue weighted by Crippen LogP contribution is 2.26. The first-order chi connectivity index (χ1) is 8.62. The summed E-state index contributed by atoms with van der Waals surface area (Å²) in [5.74, 6) is 0. The minimum Gasteiger partial charge on any atom is -0.388 e. The fourth-order valence-corrected chi connectivity index (χ4v) is 1.70. The van der Waals surface area contributed by atoms with Crippen molar-refractivity contribution in [1.29, 1.82) is 0 Å². The van der Waals surface area contributed by atoms with Crippen LogP contribution in [-0.4, -0.2) is 38.8 Å². The van der Waals surface area contributed by atoms with Gasteiger partial charge in [0.2, 0.25) is 0 Å². The number of non-ortho nitro benzene ring substituents is 1. The van der Waals surface area contributed by atoms with Crippen molar-refractivity contribution in [3.8, 4) is 0 Å². The summed E-state index contributed by atoms with van der Waals surface area (Å²) in [6.45, 7) is 4.07. The van der Waals surface area contributed by atoms with Crippen LogP contribution >= 0.6 is 0 Å². The number of nitrogens with one attached hydrogen (secondary N) is 1. The van der Waals surface area contributed by atoms with E-state index in [4.69, 9.17) is 4.74 Å². The third-order valence-corrected chi connectivity index (χ3v) is 2.71. The fraction of sp³-hybridized carbons (Fsp3) is 0.500. The molecule has 100 valence electrons. The van der Waals surface area contributed by atoms with E-state index in [0.717, 1.165) is 17.9 Å². The van der Waals surface area contributed by atoms with Crippen molar-refractivity contribution >= 4 is 17.1 Å². The van der Waals surface area contributed by atoms with Crippen LogP contribution in [0.3, 0.4) is 0 Å². The smallest absolute Gasteiger partial charge is 0.273 e. The Morgan fingerprint density at radius 3 is 2.67 bits per heavy atom. The van der Waals surface area contributed by atoms with Crippen molar-refractivity contribution < 1.29 is 9.66 Å². The zero-order chi connectivity index (χ0) is 13.5. The van der Waals surface area contributed by atoms with E-state index in [1.54, 1.807) is 20.2 Å². The first kappa shape index (κ1) is 14.2. The molecule has 1 rings (SSSR count). The highest BCUT2D eigenvalue weighted by atomic mass is 16.6. The Hall–Kier alpha value is -1.82.